The zero-order valence-corrected chi connectivity index (χ0v) is 25.2. The summed E-state index contributed by atoms with van der Waals surface area (Å²) in [7, 11) is 0. The van der Waals surface area contributed by atoms with E-state index in [1.807, 2.05) is 17.4 Å². The Bertz CT molecular complexity index is 2120. The van der Waals surface area contributed by atoms with Gasteiger partial charge in [-0.05, 0) is 69.3 Å². The second-order valence-electron chi connectivity index (χ2n) is 11.4. The molecule has 2 atom stereocenters. The summed E-state index contributed by atoms with van der Waals surface area (Å²) in [5.41, 5.74) is 11.1. The first-order valence-corrected chi connectivity index (χ1v) is 16.0. The van der Waals surface area contributed by atoms with Gasteiger partial charge < -0.3 is 4.79 Å². The smallest absolute Gasteiger partial charge is 0.128 e. The summed E-state index contributed by atoms with van der Waals surface area (Å²) < 4.78 is 2.30. The Morgan fingerprint density at radius 3 is 2.05 bits per heavy atom. The van der Waals surface area contributed by atoms with Crippen molar-refractivity contribution in [2.45, 2.75) is 25.2 Å². The van der Waals surface area contributed by atoms with Gasteiger partial charge in [-0.25, -0.2) is 4.98 Å². The maximum absolute atomic E-state index is 13.1. The standard InChI is InChI=1S/C40H30N2OS/c1-2-38-41-34-15-9-14-31-39(29-12-7-4-8-13-29)33(25-43)32-24-30(20-21-35(32)42(38)40(31)34)26-16-18-28(19-17-26)37-23-22-36(44-37)27-10-5-3-6-11-27/h3-25,33,39H,2H2,1H3. The summed E-state index contributed by atoms with van der Waals surface area (Å²) in [6.45, 7) is 2.15. The lowest BCUT2D eigenvalue weighted by atomic mass is 9.77. The van der Waals surface area contributed by atoms with Gasteiger partial charge in [0.1, 0.15) is 12.1 Å². The molecule has 0 aliphatic carbocycles. The minimum Gasteiger partial charge on any atom is -0.303 e. The SMILES string of the molecule is CCc1nc2cccc3c2n1-c1ccc(-c2ccc(-c4ccc(-c5ccccc5)s4)cc2)cc1C(C=O)C3c1ccccc1. The van der Waals surface area contributed by atoms with Crippen LogP contribution in [0.2, 0.25) is 0 Å². The average Bonchev–Trinajstić information content (AvgIpc) is 3.71. The number of aromatic nitrogens is 2. The molecule has 0 N–H and O–H groups in total. The second-order valence-corrected chi connectivity index (χ2v) is 12.4. The molecule has 0 bridgehead atoms. The molecule has 0 amide bonds. The van der Waals surface area contributed by atoms with Crippen LogP contribution in [-0.2, 0) is 11.2 Å². The number of fused-ring (bicyclic) bond motifs is 2. The number of rotatable bonds is 6. The molecule has 0 saturated heterocycles. The number of benzene rings is 5. The largest absolute Gasteiger partial charge is 0.303 e. The Kier molecular flexibility index (Phi) is 6.58. The number of imidazole rings is 1. The summed E-state index contributed by atoms with van der Waals surface area (Å²) in [6.07, 6.45) is 1.95. The molecule has 0 saturated carbocycles. The van der Waals surface area contributed by atoms with Crippen molar-refractivity contribution in [3.8, 4) is 37.7 Å². The Morgan fingerprint density at radius 2 is 1.34 bits per heavy atom. The molecule has 44 heavy (non-hydrogen) atoms. The Hall–Kier alpha value is -5.06. The predicted molar refractivity (Wildman–Crippen MR) is 182 cm³/mol. The highest BCUT2D eigenvalue weighted by atomic mass is 32.1. The van der Waals surface area contributed by atoms with Crippen LogP contribution in [0, 0.1) is 0 Å². The van der Waals surface area contributed by atoms with Gasteiger partial charge in [-0.15, -0.1) is 11.3 Å². The van der Waals surface area contributed by atoms with Crippen LogP contribution in [0.4, 0.5) is 0 Å². The minimum atomic E-state index is -0.343. The average molecular weight is 587 g/mol. The zero-order chi connectivity index (χ0) is 29.6. The molecule has 2 unspecified atom stereocenters. The second kappa shape index (κ2) is 10.9. The van der Waals surface area contributed by atoms with Gasteiger partial charge in [0, 0.05) is 22.1 Å². The Labute approximate surface area is 261 Å². The molecule has 0 radical (unpaired) electrons. The van der Waals surface area contributed by atoms with Gasteiger partial charge in [0.15, 0.2) is 0 Å². The summed E-state index contributed by atoms with van der Waals surface area (Å²) >= 11 is 1.81. The van der Waals surface area contributed by atoms with Gasteiger partial charge in [-0.2, -0.15) is 0 Å². The molecular formula is C40H30N2OS. The summed E-state index contributed by atoms with van der Waals surface area (Å²) in [4.78, 5) is 20.7. The van der Waals surface area contributed by atoms with E-state index in [2.05, 4.69) is 139 Å². The quantitative estimate of drug-likeness (QED) is 0.182. The molecule has 3 nitrogen and oxygen atoms in total. The maximum atomic E-state index is 13.1. The number of hydrogen-bond donors (Lipinski definition) is 0. The van der Waals surface area contributed by atoms with Crippen LogP contribution >= 0.6 is 11.3 Å². The number of aldehydes is 1. The summed E-state index contributed by atoms with van der Waals surface area (Å²) in [5, 5.41) is 0. The molecule has 212 valence electrons. The van der Waals surface area contributed by atoms with Gasteiger partial charge >= 0.3 is 0 Å². The van der Waals surface area contributed by atoms with Crippen LogP contribution in [0.3, 0.4) is 0 Å². The van der Waals surface area contributed by atoms with E-state index in [1.54, 1.807) is 0 Å². The summed E-state index contributed by atoms with van der Waals surface area (Å²) in [6, 6.07) is 47.1. The van der Waals surface area contributed by atoms with Crippen LogP contribution in [-0.4, -0.2) is 15.8 Å². The molecule has 5 aromatic carbocycles. The zero-order valence-electron chi connectivity index (χ0n) is 24.4. The number of hydrogen-bond acceptors (Lipinski definition) is 3. The third-order valence-electron chi connectivity index (χ3n) is 8.89. The summed E-state index contributed by atoms with van der Waals surface area (Å²) in [5.74, 6) is 0.549. The van der Waals surface area contributed by atoms with Crippen LogP contribution in [0.15, 0.2) is 133 Å². The highest BCUT2D eigenvalue weighted by Crippen LogP contribution is 2.47. The van der Waals surface area contributed by atoms with Crippen molar-refractivity contribution in [3.63, 3.8) is 0 Å². The molecule has 0 spiro atoms. The molecule has 3 heterocycles. The number of aryl methyl sites for hydroxylation is 1. The van der Waals surface area contributed by atoms with E-state index in [-0.39, 0.29) is 11.8 Å². The van der Waals surface area contributed by atoms with Crippen LogP contribution in [0.1, 0.15) is 41.3 Å². The maximum Gasteiger partial charge on any atom is 0.128 e. The van der Waals surface area contributed by atoms with E-state index < -0.39 is 0 Å². The van der Waals surface area contributed by atoms with Gasteiger partial charge in [0.2, 0.25) is 0 Å². The highest BCUT2D eigenvalue weighted by Gasteiger charge is 2.35. The van der Waals surface area contributed by atoms with Crippen LogP contribution in [0.5, 0.6) is 0 Å². The van der Waals surface area contributed by atoms with Crippen molar-refractivity contribution < 1.29 is 4.79 Å². The predicted octanol–water partition coefficient (Wildman–Crippen LogP) is 10.1. The fourth-order valence-electron chi connectivity index (χ4n) is 6.80. The molecule has 8 rings (SSSR count). The van der Waals surface area contributed by atoms with E-state index in [9.17, 15) is 4.79 Å². The Balaban J connectivity index is 1.24. The van der Waals surface area contributed by atoms with E-state index in [1.165, 1.54) is 20.9 Å². The first kappa shape index (κ1) is 26.6. The molecule has 1 aliphatic heterocycles. The Morgan fingerprint density at radius 1 is 0.682 bits per heavy atom. The van der Waals surface area contributed by atoms with E-state index in [0.29, 0.717) is 0 Å². The highest BCUT2D eigenvalue weighted by molar-refractivity contribution is 7.18. The first-order chi connectivity index (χ1) is 21.7. The van der Waals surface area contributed by atoms with Crippen molar-refractivity contribution in [2.24, 2.45) is 0 Å². The van der Waals surface area contributed by atoms with Crippen LogP contribution in [0.25, 0.3) is 48.7 Å². The number of thiophene rings is 1. The topological polar surface area (TPSA) is 34.9 Å². The molecule has 4 heteroatoms. The van der Waals surface area contributed by atoms with Crippen molar-refractivity contribution in [3.05, 3.63) is 156 Å². The lowest BCUT2D eigenvalue weighted by Gasteiger charge is -2.24. The first-order valence-electron chi connectivity index (χ1n) is 15.1. The number of carbonyl (C=O) groups is 1. The van der Waals surface area contributed by atoms with Crippen molar-refractivity contribution in [1.29, 1.82) is 0 Å². The normalized spacial score (nSPS) is 15.6. The molecule has 0 fully saturated rings. The van der Waals surface area contributed by atoms with Crippen LogP contribution < -0.4 is 0 Å². The van der Waals surface area contributed by atoms with E-state index >= 15 is 0 Å². The number of para-hydroxylation sites is 1. The number of nitrogens with zero attached hydrogens (tertiary/aromatic N) is 2. The monoisotopic (exact) mass is 586 g/mol. The number of carbonyl (C=O) groups excluding carboxylic acids is 1. The third kappa shape index (κ3) is 4.33. The van der Waals surface area contributed by atoms with Crippen molar-refractivity contribution in [1.82, 2.24) is 9.55 Å². The third-order valence-corrected chi connectivity index (χ3v) is 10.1. The molecular weight excluding hydrogens is 557 g/mol. The fourth-order valence-corrected chi connectivity index (χ4v) is 7.82. The van der Waals surface area contributed by atoms with E-state index in [4.69, 9.17) is 4.98 Å². The van der Waals surface area contributed by atoms with Crippen molar-refractivity contribution in [2.75, 3.05) is 0 Å². The minimum absolute atomic E-state index is 0.117. The molecule has 2 aromatic heterocycles. The lowest BCUT2D eigenvalue weighted by molar-refractivity contribution is -0.109. The molecule has 7 aromatic rings. The molecule has 1 aliphatic rings. The van der Waals surface area contributed by atoms with Gasteiger partial charge in [-0.1, -0.05) is 110 Å². The van der Waals surface area contributed by atoms with Gasteiger partial charge in [0.25, 0.3) is 0 Å². The van der Waals surface area contributed by atoms with Gasteiger partial charge in [-0.3, -0.25) is 4.57 Å². The van der Waals surface area contributed by atoms with E-state index in [0.717, 1.165) is 63.1 Å². The lowest BCUT2D eigenvalue weighted by Crippen LogP contribution is -2.14. The fraction of sp³-hybridized carbons (Fsp3) is 0.100. The van der Waals surface area contributed by atoms with Gasteiger partial charge in [0.05, 0.1) is 22.6 Å². The van der Waals surface area contributed by atoms with Crippen molar-refractivity contribution >= 4 is 28.7 Å².